The molecule has 0 spiro atoms. The van der Waals surface area contributed by atoms with Crippen molar-refractivity contribution in [2.24, 2.45) is 0 Å². The first kappa shape index (κ1) is 20.4. The predicted molar refractivity (Wildman–Crippen MR) is 107 cm³/mol. The first-order valence-electron chi connectivity index (χ1n) is 8.83. The molecule has 5 heteroatoms. The van der Waals surface area contributed by atoms with Crippen LogP contribution in [0.4, 0.5) is 0 Å². The van der Waals surface area contributed by atoms with E-state index >= 15 is 0 Å². The molecule has 0 bridgehead atoms. The molecule has 1 heterocycles. The Labute approximate surface area is 162 Å². The molecule has 1 unspecified atom stereocenters. The first-order valence-corrected chi connectivity index (χ1v) is 8.83. The van der Waals surface area contributed by atoms with Gasteiger partial charge in [0.2, 0.25) is 0 Å². The lowest BCUT2D eigenvalue weighted by Crippen LogP contribution is -2.33. The number of ether oxygens (including phenoxy) is 3. The predicted octanol–water partition coefficient (Wildman–Crippen LogP) is 4.51. The summed E-state index contributed by atoms with van der Waals surface area (Å²) in [6, 6.07) is 12.7. The van der Waals surface area contributed by atoms with Crippen LogP contribution in [0.3, 0.4) is 0 Å². The molecule has 1 atom stereocenters. The van der Waals surface area contributed by atoms with Crippen LogP contribution in [0.2, 0.25) is 0 Å². The van der Waals surface area contributed by atoms with Crippen LogP contribution in [0, 0.1) is 0 Å². The van der Waals surface area contributed by atoms with Gasteiger partial charge in [-0.1, -0.05) is 26.0 Å². The number of halogens is 1. The molecule has 0 saturated carbocycles. The first-order chi connectivity index (χ1) is 12.1. The van der Waals surface area contributed by atoms with E-state index < -0.39 is 0 Å². The molecule has 0 radical (unpaired) electrons. The van der Waals surface area contributed by atoms with E-state index in [-0.39, 0.29) is 18.4 Å². The molecule has 26 heavy (non-hydrogen) atoms. The molecule has 2 aromatic rings. The maximum absolute atomic E-state index is 6.03. The van der Waals surface area contributed by atoms with E-state index in [0.717, 1.165) is 30.2 Å². The van der Waals surface area contributed by atoms with Crippen molar-refractivity contribution < 1.29 is 14.2 Å². The summed E-state index contributed by atoms with van der Waals surface area (Å²) in [5.74, 6) is 2.98. The van der Waals surface area contributed by atoms with Crippen LogP contribution in [-0.2, 0) is 6.42 Å². The van der Waals surface area contributed by atoms with Gasteiger partial charge in [0.25, 0.3) is 0 Å². The summed E-state index contributed by atoms with van der Waals surface area (Å²) >= 11 is 0. The minimum absolute atomic E-state index is 0. The smallest absolute Gasteiger partial charge is 0.161 e. The Morgan fingerprint density at radius 2 is 1.69 bits per heavy atom. The van der Waals surface area contributed by atoms with Gasteiger partial charge in [0.1, 0.15) is 12.4 Å². The molecule has 2 aromatic carbocycles. The molecular formula is C21H28ClNO3. The number of rotatable bonds is 6. The van der Waals surface area contributed by atoms with Gasteiger partial charge in [0.15, 0.2) is 11.5 Å². The number of hydrogen-bond acceptors (Lipinski definition) is 4. The van der Waals surface area contributed by atoms with Gasteiger partial charge in [0, 0.05) is 0 Å². The van der Waals surface area contributed by atoms with Crippen LogP contribution in [0.5, 0.6) is 17.2 Å². The fraction of sp³-hybridized carbons (Fsp3) is 0.429. The van der Waals surface area contributed by atoms with E-state index in [0.29, 0.717) is 12.5 Å². The van der Waals surface area contributed by atoms with Crippen molar-refractivity contribution in [3.8, 4) is 17.2 Å². The van der Waals surface area contributed by atoms with Crippen molar-refractivity contribution in [1.29, 1.82) is 0 Å². The van der Waals surface area contributed by atoms with Crippen LogP contribution in [0.25, 0.3) is 0 Å². The maximum atomic E-state index is 6.03. The Hall–Kier alpha value is -1.91. The number of methoxy groups -OCH3 is 2. The Morgan fingerprint density at radius 3 is 2.31 bits per heavy atom. The van der Waals surface area contributed by atoms with Gasteiger partial charge in [-0.05, 0) is 59.8 Å². The highest BCUT2D eigenvalue weighted by Crippen LogP contribution is 2.35. The average Bonchev–Trinajstić information content (AvgIpc) is 2.65. The van der Waals surface area contributed by atoms with Crippen LogP contribution in [-0.4, -0.2) is 27.4 Å². The van der Waals surface area contributed by atoms with Crippen molar-refractivity contribution >= 4 is 12.4 Å². The summed E-state index contributed by atoms with van der Waals surface area (Å²) in [5.41, 5.74) is 3.84. The fourth-order valence-corrected chi connectivity index (χ4v) is 3.25. The zero-order valence-corrected chi connectivity index (χ0v) is 16.7. The van der Waals surface area contributed by atoms with Gasteiger partial charge in [-0.2, -0.15) is 0 Å². The van der Waals surface area contributed by atoms with Gasteiger partial charge >= 0.3 is 0 Å². The second kappa shape index (κ2) is 9.15. The molecule has 0 aliphatic carbocycles. The normalized spacial score (nSPS) is 15.8. The number of benzene rings is 2. The average molecular weight is 378 g/mol. The van der Waals surface area contributed by atoms with Crippen molar-refractivity contribution in [2.75, 3.05) is 27.4 Å². The third kappa shape index (κ3) is 4.43. The molecular weight excluding hydrogens is 350 g/mol. The van der Waals surface area contributed by atoms with Crippen LogP contribution in [0.1, 0.15) is 42.5 Å². The quantitative estimate of drug-likeness (QED) is 0.803. The highest BCUT2D eigenvalue weighted by atomic mass is 35.5. The third-order valence-corrected chi connectivity index (χ3v) is 4.77. The summed E-state index contributed by atoms with van der Waals surface area (Å²) < 4.78 is 16.9. The molecule has 4 nitrogen and oxygen atoms in total. The van der Waals surface area contributed by atoms with Gasteiger partial charge in [0.05, 0.1) is 20.3 Å². The summed E-state index contributed by atoms with van der Waals surface area (Å²) in [6.45, 7) is 5.91. The third-order valence-electron chi connectivity index (χ3n) is 4.77. The summed E-state index contributed by atoms with van der Waals surface area (Å²) in [4.78, 5) is 0. The lowest BCUT2D eigenvalue weighted by atomic mass is 9.94. The van der Waals surface area contributed by atoms with E-state index in [1.165, 1.54) is 16.7 Å². The number of fused-ring (bicyclic) bond motifs is 1. The molecule has 1 N–H and O–H groups in total. The highest BCUT2D eigenvalue weighted by Gasteiger charge is 2.23. The van der Waals surface area contributed by atoms with E-state index in [1.54, 1.807) is 14.2 Å². The second-order valence-electron chi connectivity index (χ2n) is 6.70. The lowest BCUT2D eigenvalue weighted by molar-refractivity contribution is 0.260. The Balaban J connectivity index is 0.00000243. The van der Waals surface area contributed by atoms with Crippen LogP contribution >= 0.6 is 12.4 Å². The minimum atomic E-state index is 0. The molecule has 3 rings (SSSR count). The van der Waals surface area contributed by atoms with Gasteiger partial charge in [-0.25, -0.2) is 0 Å². The highest BCUT2D eigenvalue weighted by molar-refractivity contribution is 5.85. The molecule has 142 valence electrons. The zero-order chi connectivity index (χ0) is 17.8. The topological polar surface area (TPSA) is 39.7 Å². The fourth-order valence-electron chi connectivity index (χ4n) is 3.25. The van der Waals surface area contributed by atoms with Crippen LogP contribution < -0.4 is 19.5 Å². The maximum Gasteiger partial charge on any atom is 0.161 e. The van der Waals surface area contributed by atoms with Gasteiger partial charge in [-0.15, -0.1) is 12.4 Å². The zero-order valence-electron chi connectivity index (χ0n) is 15.9. The lowest BCUT2D eigenvalue weighted by Gasteiger charge is -2.28. The van der Waals surface area contributed by atoms with Gasteiger partial charge in [-0.3, -0.25) is 0 Å². The van der Waals surface area contributed by atoms with Crippen molar-refractivity contribution in [3.05, 3.63) is 53.1 Å². The monoisotopic (exact) mass is 377 g/mol. The molecule has 0 fully saturated rings. The standard InChI is InChI=1S/C21H27NO3.ClH/c1-14(2)15-5-7-17(8-6-15)25-13-19-18-12-21(24-4)20(23-3)11-16(18)9-10-22-19;/h5-8,11-12,14,19,22H,9-10,13H2,1-4H3;1H. The van der Waals surface area contributed by atoms with Crippen molar-refractivity contribution in [2.45, 2.75) is 32.2 Å². The molecule has 0 aromatic heterocycles. The van der Waals surface area contributed by atoms with E-state index in [2.05, 4.69) is 43.4 Å². The molecule has 1 aliphatic rings. The Kier molecular flexibility index (Phi) is 7.18. The van der Waals surface area contributed by atoms with E-state index in [1.807, 2.05) is 12.1 Å². The Bertz CT molecular complexity index is 716. The van der Waals surface area contributed by atoms with Crippen molar-refractivity contribution in [3.63, 3.8) is 0 Å². The van der Waals surface area contributed by atoms with Gasteiger partial charge < -0.3 is 19.5 Å². The molecule has 1 aliphatic heterocycles. The minimum Gasteiger partial charge on any atom is -0.493 e. The molecule has 0 saturated heterocycles. The molecule has 0 amide bonds. The number of hydrogen-bond donors (Lipinski definition) is 1. The van der Waals surface area contributed by atoms with Crippen LogP contribution in [0.15, 0.2) is 36.4 Å². The summed E-state index contributed by atoms with van der Waals surface area (Å²) in [6.07, 6.45) is 0.981. The summed E-state index contributed by atoms with van der Waals surface area (Å²) in [7, 11) is 3.34. The van der Waals surface area contributed by atoms with Crippen molar-refractivity contribution in [1.82, 2.24) is 5.32 Å². The van der Waals surface area contributed by atoms with E-state index in [4.69, 9.17) is 14.2 Å². The van der Waals surface area contributed by atoms with E-state index in [9.17, 15) is 0 Å². The SMILES string of the molecule is COc1cc2c(cc1OC)C(COc1ccc(C(C)C)cc1)NCC2.Cl. The second-order valence-corrected chi connectivity index (χ2v) is 6.70. The Morgan fingerprint density at radius 1 is 1.04 bits per heavy atom. The number of nitrogens with one attached hydrogen (secondary N) is 1. The largest absolute Gasteiger partial charge is 0.493 e. The summed E-state index contributed by atoms with van der Waals surface area (Å²) in [5, 5.41) is 3.54.